The Morgan fingerprint density at radius 2 is 1.74 bits per heavy atom. The highest BCUT2D eigenvalue weighted by molar-refractivity contribution is 5.93. The van der Waals surface area contributed by atoms with E-state index in [1.807, 2.05) is 36.4 Å². The third-order valence-corrected chi connectivity index (χ3v) is 5.92. The number of phenols is 1. The zero-order valence-electron chi connectivity index (χ0n) is 18.7. The summed E-state index contributed by atoms with van der Waals surface area (Å²) >= 11 is 0. The van der Waals surface area contributed by atoms with Crippen LogP contribution in [-0.4, -0.2) is 77.4 Å². The van der Waals surface area contributed by atoms with E-state index in [1.165, 1.54) is 0 Å². The number of phenolic OH excluding ortho intramolecular Hbond substituents is 1. The molecule has 1 heterocycles. The first-order valence-corrected chi connectivity index (χ1v) is 10.6. The summed E-state index contributed by atoms with van der Waals surface area (Å²) in [6, 6.07) is 15.2. The van der Waals surface area contributed by atoms with Gasteiger partial charge in [0.25, 0.3) is 5.91 Å². The zero-order chi connectivity index (χ0) is 22.7. The molecule has 0 aliphatic carbocycles. The largest absolute Gasteiger partial charge is 0.508 e. The Hall–Kier alpha value is -2.90. The number of rotatable bonds is 6. The van der Waals surface area contributed by atoms with Gasteiger partial charge in [0.15, 0.2) is 0 Å². The van der Waals surface area contributed by atoms with Crippen LogP contribution in [0, 0.1) is 0 Å². The molecule has 1 fully saturated rings. The lowest BCUT2D eigenvalue weighted by Gasteiger charge is -2.47. The molecule has 0 unspecified atom stereocenters. The maximum absolute atomic E-state index is 12.3. The molecular weight excluding hydrogens is 392 g/mol. The molecule has 166 valence electrons. The molecule has 31 heavy (non-hydrogen) atoms. The van der Waals surface area contributed by atoms with Crippen LogP contribution in [0.2, 0.25) is 0 Å². The van der Waals surface area contributed by atoms with Crippen LogP contribution in [0.15, 0.2) is 48.5 Å². The van der Waals surface area contributed by atoms with Crippen LogP contribution >= 0.6 is 0 Å². The van der Waals surface area contributed by atoms with Crippen molar-refractivity contribution in [2.24, 2.45) is 5.73 Å². The molecule has 7 heteroatoms. The number of amides is 2. The van der Waals surface area contributed by atoms with E-state index >= 15 is 0 Å². The lowest BCUT2D eigenvalue weighted by atomic mass is 9.92. The monoisotopic (exact) mass is 424 g/mol. The van der Waals surface area contributed by atoms with Crippen molar-refractivity contribution in [3.05, 3.63) is 65.2 Å². The van der Waals surface area contributed by atoms with Gasteiger partial charge in [0.1, 0.15) is 5.75 Å². The van der Waals surface area contributed by atoms with Crippen molar-refractivity contribution >= 4 is 11.8 Å². The van der Waals surface area contributed by atoms with Crippen LogP contribution in [0.25, 0.3) is 0 Å². The fourth-order valence-electron chi connectivity index (χ4n) is 4.34. The van der Waals surface area contributed by atoms with E-state index in [9.17, 15) is 14.7 Å². The van der Waals surface area contributed by atoms with Gasteiger partial charge >= 0.3 is 0 Å². The second kappa shape index (κ2) is 9.49. The van der Waals surface area contributed by atoms with Crippen molar-refractivity contribution in [2.75, 3.05) is 33.7 Å². The Balaban J connectivity index is 1.96. The van der Waals surface area contributed by atoms with Crippen LogP contribution in [0.3, 0.4) is 0 Å². The second-order valence-corrected chi connectivity index (χ2v) is 8.61. The van der Waals surface area contributed by atoms with E-state index in [0.717, 1.165) is 24.2 Å². The van der Waals surface area contributed by atoms with Crippen LogP contribution in [0.4, 0.5) is 0 Å². The number of nitrogens with zero attached hydrogens (tertiary/aromatic N) is 3. The molecule has 3 rings (SSSR count). The Labute approximate surface area is 184 Å². The Morgan fingerprint density at radius 1 is 1.06 bits per heavy atom. The Morgan fingerprint density at radius 3 is 2.32 bits per heavy atom. The predicted molar refractivity (Wildman–Crippen MR) is 121 cm³/mol. The molecule has 0 aromatic heterocycles. The lowest BCUT2D eigenvalue weighted by molar-refractivity contribution is -0.120. The molecule has 1 saturated heterocycles. The number of hydrogen-bond donors (Lipinski definition) is 2. The van der Waals surface area contributed by atoms with Gasteiger partial charge in [-0.3, -0.25) is 19.4 Å². The first-order chi connectivity index (χ1) is 14.7. The number of primary amides is 1. The van der Waals surface area contributed by atoms with Crippen molar-refractivity contribution < 1.29 is 14.7 Å². The van der Waals surface area contributed by atoms with E-state index in [2.05, 4.69) is 23.6 Å². The Kier molecular flexibility index (Phi) is 6.97. The molecule has 1 aliphatic heterocycles. The number of piperazine rings is 1. The number of aromatic hydroxyl groups is 1. The summed E-state index contributed by atoms with van der Waals surface area (Å²) in [5.74, 6) is -0.143. The van der Waals surface area contributed by atoms with Crippen molar-refractivity contribution in [1.82, 2.24) is 14.7 Å². The average Bonchev–Trinajstić information content (AvgIpc) is 2.71. The molecule has 7 nitrogen and oxygen atoms in total. The minimum Gasteiger partial charge on any atom is -0.508 e. The van der Waals surface area contributed by atoms with Crippen molar-refractivity contribution in [1.29, 1.82) is 0 Å². The van der Waals surface area contributed by atoms with E-state index < -0.39 is 0 Å². The predicted octanol–water partition coefficient (Wildman–Crippen LogP) is 2.06. The first-order valence-electron chi connectivity index (χ1n) is 10.6. The minimum absolute atomic E-state index is 0.0393. The highest BCUT2D eigenvalue weighted by Crippen LogP contribution is 2.34. The SMILES string of the molecule is C[C@@H]1CN([C@H](c2ccc(C(=O)N(C)C)cc2)c2cccc(O)c2)[C@@H](C)CN1CC(N)=O. The van der Waals surface area contributed by atoms with E-state index in [0.29, 0.717) is 5.56 Å². The van der Waals surface area contributed by atoms with E-state index in [-0.39, 0.29) is 42.2 Å². The van der Waals surface area contributed by atoms with Gasteiger partial charge in [-0.25, -0.2) is 0 Å². The first kappa shape index (κ1) is 22.8. The van der Waals surface area contributed by atoms with Gasteiger partial charge in [-0.15, -0.1) is 0 Å². The Bertz CT molecular complexity index is 929. The molecule has 1 aliphatic rings. The van der Waals surface area contributed by atoms with Gasteiger partial charge in [0.05, 0.1) is 12.6 Å². The number of carbonyl (C=O) groups is 2. The number of benzene rings is 2. The third-order valence-electron chi connectivity index (χ3n) is 5.92. The van der Waals surface area contributed by atoms with Gasteiger partial charge in [-0.1, -0.05) is 24.3 Å². The summed E-state index contributed by atoms with van der Waals surface area (Å²) in [5, 5.41) is 10.1. The summed E-state index contributed by atoms with van der Waals surface area (Å²) in [5.41, 5.74) is 8.09. The summed E-state index contributed by atoms with van der Waals surface area (Å²) in [6.07, 6.45) is 0. The quantitative estimate of drug-likeness (QED) is 0.741. The molecule has 0 spiro atoms. The van der Waals surface area contributed by atoms with Crippen LogP contribution in [0.5, 0.6) is 5.75 Å². The highest BCUT2D eigenvalue weighted by atomic mass is 16.3. The highest BCUT2D eigenvalue weighted by Gasteiger charge is 2.35. The lowest BCUT2D eigenvalue weighted by Crippen LogP contribution is -2.58. The number of nitrogens with two attached hydrogens (primary N) is 1. The summed E-state index contributed by atoms with van der Waals surface area (Å²) in [7, 11) is 3.47. The molecule has 0 bridgehead atoms. The molecule has 3 atom stereocenters. The normalized spacial score (nSPS) is 20.9. The van der Waals surface area contributed by atoms with Crippen molar-refractivity contribution in [2.45, 2.75) is 32.0 Å². The molecule has 0 saturated carbocycles. The average molecular weight is 425 g/mol. The zero-order valence-corrected chi connectivity index (χ0v) is 18.7. The maximum Gasteiger partial charge on any atom is 0.253 e. The minimum atomic E-state index is -0.321. The van der Waals surface area contributed by atoms with Gasteiger partial charge in [0.2, 0.25) is 5.91 Å². The molecular formula is C24H32N4O3. The standard InChI is InChI=1S/C24H32N4O3/c1-16-14-28(17(2)13-27(16)15-22(25)30)23(20-6-5-7-21(29)12-20)18-8-10-19(11-9-18)24(31)26(3)4/h5-12,16-17,23,29H,13-15H2,1-4H3,(H2,25,30)/t16-,17+,23-/m1/s1. The van der Waals surface area contributed by atoms with Crippen molar-refractivity contribution in [3.63, 3.8) is 0 Å². The fraction of sp³-hybridized carbons (Fsp3) is 0.417. The van der Waals surface area contributed by atoms with Gasteiger partial charge in [-0.2, -0.15) is 0 Å². The van der Waals surface area contributed by atoms with Crippen LogP contribution < -0.4 is 5.73 Å². The van der Waals surface area contributed by atoms with Crippen LogP contribution in [-0.2, 0) is 4.79 Å². The number of carbonyl (C=O) groups excluding carboxylic acids is 2. The van der Waals surface area contributed by atoms with Crippen LogP contribution in [0.1, 0.15) is 41.4 Å². The smallest absolute Gasteiger partial charge is 0.253 e. The second-order valence-electron chi connectivity index (χ2n) is 8.61. The molecule has 2 amide bonds. The van der Waals surface area contributed by atoms with E-state index in [1.54, 1.807) is 31.1 Å². The topological polar surface area (TPSA) is 90.1 Å². The summed E-state index contributed by atoms with van der Waals surface area (Å²) < 4.78 is 0. The van der Waals surface area contributed by atoms with Gasteiger partial charge in [-0.05, 0) is 49.2 Å². The molecule has 3 N–H and O–H groups in total. The molecule has 2 aromatic rings. The van der Waals surface area contributed by atoms with Crippen molar-refractivity contribution in [3.8, 4) is 5.75 Å². The van der Waals surface area contributed by atoms with Gasteiger partial charge in [0, 0.05) is 44.8 Å². The number of hydrogen-bond acceptors (Lipinski definition) is 5. The summed E-state index contributed by atoms with van der Waals surface area (Å²) in [6.45, 7) is 5.95. The fourth-order valence-corrected chi connectivity index (χ4v) is 4.34. The maximum atomic E-state index is 12.3. The van der Waals surface area contributed by atoms with Gasteiger partial charge < -0.3 is 15.7 Å². The molecule has 2 aromatic carbocycles. The summed E-state index contributed by atoms with van der Waals surface area (Å²) in [4.78, 5) is 29.8. The van der Waals surface area contributed by atoms with E-state index in [4.69, 9.17) is 5.73 Å². The molecule has 0 radical (unpaired) electrons. The third kappa shape index (κ3) is 5.24.